The van der Waals surface area contributed by atoms with Crippen molar-refractivity contribution in [2.24, 2.45) is 0 Å². The molecule has 1 fully saturated rings. The number of rotatable bonds is 12. The maximum absolute atomic E-state index is 12.4. The molecule has 1 aromatic heterocycles. The van der Waals surface area contributed by atoms with E-state index in [4.69, 9.17) is 18.9 Å². The zero-order valence-electron chi connectivity index (χ0n) is 26.1. The molecule has 1 atom stereocenters. The molecule has 6 rings (SSSR count). The molecule has 1 saturated heterocycles. The Kier molecular flexibility index (Phi) is 9.75. The van der Waals surface area contributed by atoms with Gasteiger partial charge in [-0.25, -0.2) is 0 Å². The highest BCUT2D eigenvalue weighted by Gasteiger charge is 2.31. The van der Waals surface area contributed by atoms with Crippen LogP contribution in [0.15, 0.2) is 72.9 Å². The van der Waals surface area contributed by atoms with E-state index >= 15 is 0 Å². The minimum absolute atomic E-state index is 0.160. The highest BCUT2D eigenvalue weighted by atomic mass is 19.4. The van der Waals surface area contributed by atoms with Crippen LogP contribution in [0.4, 0.5) is 24.7 Å². The van der Waals surface area contributed by atoms with E-state index in [1.54, 1.807) is 11.7 Å². The lowest BCUT2D eigenvalue weighted by Crippen LogP contribution is -2.45. The third-order valence-corrected chi connectivity index (χ3v) is 8.07. The smallest absolute Gasteiger partial charge is 0.493 e. The summed E-state index contributed by atoms with van der Waals surface area (Å²) < 4.78 is 65.9. The van der Waals surface area contributed by atoms with Gasteiger partial charge >= 0.3 is 18.2 Å². The molecule has 0 amide bonds. The zero-order valence-corrected chi connectivity index (χ0v) is 26.1. The van der Waals surface area contributed by atoms with Crippen molar-refractivity contribution in [2.45, 2.75) is 38.6 Å². The Morgan fingerprint density at radius 3 is 2.31 bits per heavy atom. The van der Waals surface area contributed by atoms with E-state index in [1.807, 2.05) is 42.5 Å². The van der Waals surface area contributed by atoms with Crippen LogP contribution in [0.3, 0.4) is 0 Å². The van der Waals surface area contributed by atoms with Crippen LogP contribution < -0.4 is 28.6 Å². The van der Waals surface area contributed by atoms with Crippen molar-refractivity contribution in [3.05, 3.63) is 94.2 Å². The Balaban J connectivity index is 0.941. The molecule has 0 spiro atoms. The van der Waals surface area contributed by atoms with E-state index in [9.17, 15) is 23.3 Å². The molecule has 0 N–H and O–H groups in total. The maximum Gasteiger partial charge on any atom is 0.573 e. The molecular formula is C33H34F3N5O7. The molecule has 3 heterocycles. The topological polar surface area (TPSA) is 114 Å². The highest BCUT2D eigenvalue weighted by Crippen LogP contribution is 2.31. The fourth-order valence-electron chi connectivity index (χ4n) is 5.58. The summed E-state index contributed by atoms with van der Waals surface area (Å²) in [4.78, 5) is 19.1. The molecule has 48 heavy (non-hydrogen) atoms. The fraction of sp³-hybridized carbons (Fsp3) is 0.364. The van der Waals surface area contributed by atoms with Crippen molar-refractivity contribution < 1.29 is 41.8 Å². The molecule has 15 heteroatoms. The number of aromatic nitrogens is 2. The first-order valence-electron chi connectivity index (χ1n) is 15.3. The molecule has 3 aromatic carbocycles. The molecule has 2 aliphatic rings. The van der Waals surface area contributed by atoms with Gasteiger partial charge in [0, 0.05) is 56.4 Å². The van der Waals surface area contributed by atoms with Gasteiger partial charge in [-0.2, -0.15) is 0 Å². The van der Waals surface area contributed by atoms with Gasteiger partial charge in [-0.3, -0.25) is 9.47 Å². The second-order valence-corrected chi connectivity index (χ2v) is 11.4. The monoisotopic (exact) mass is 669 g/mol. The molecule has 0 bridgehead atoms. The van der Waals surface area contributed by atoms with Gasteiger partial charge < -0.3 is 38.7 Å². The van der Waals surface area contributed by atoms with Crippen LogP contribution in [0.5, 0.6) is 29.0 Å². The largest absolute Gasteiger partial charge is 0.573 e. The van der Waals surface area contributed by atoms with E-state index < -0.39 is 11.3 Å². The van der Waals surface area contributed by atoms with Gasteiger partial charge in [0.2, 0.25) is 0 Å². The van der Waals surface area contributed by atoms with Crippen molar-refractivity contribution in [2.75, 3.05) is 44.8 Å². The van der Waals surface area contributed by atoms with Gasteiger partial charge in [-0.05, 0) is 64.6 Å². The third kappa shape index (κ3) is 8.39. The average Bonchev–Trinajstić information content (AvgIpc) is 3.51. The number of anilines is 1. The van der Waals surface area contributed by atoms with E-state index in [1.165, 1.54) is 30.5 Å². The van der Waals surface area contributed by atoms with Crippen LogP contribution in [-0.4, -0.2) is 71.7 Å². The third-order valence-electron chi connectivity index (χ3n) is 8.07. The van der Waals surface area contributed by atoms with Gasteiger partial charge in [0.25, 0.3) is 0 Å². The quantitative estimate of drug-likeness (QED) is 0.135. The van der Waals surface area contributed by atoms with Gasteiger partial charge in [-0.1, -0.05) is 18.2 Å². The summed E-state index contributed by atoms with van der Waals surface area (Å²) >= 11 is 0. The Hall–Kier alpha value is -5.18. The summed E-state index contributed by atoms with van der Waals surface area (Å²) in [6.45, 7) is 5.27. The van der Waals surface area contributed by atoms with Crippen molar-refractivity contribution >= 4 is 11.5 Å². The standard InChI is InChI=1S/C33H34F3N5O7/c1-44-30-18-24(4-11-29(30)46-21-23-2-7-27(8-3-23)48-33(34,35)36)19-38-14-16-39(17-15-38)25-5-9-26(10-6-25)45-22-28-12-13-40-20-31(41(42)43)37-32(40)47-28/h2-11,18,20,28H,12-17,19,21-22H2,1H3. The van der Waals surface area contributed by atoms with E-state index in [0.717, 1.165) is 49.7 Å². The Bertz CT molecular complexity index is 1690. The molecule has 12 nitrogen and oxygen atoms in total. The number of aryl methyl sites for hydroxylation is 1. The van der Waals surface area contributed by atoms with Crippen LogP contribution in [0.25, 0.3) is 0 Å². The maximum atomic E-state index is 12.4. The second kappa shape index (κ2) is 14.3. The Morgan fingerprint density at radius 1 is 0.917 bits per heavy atom. The van der Waals surface area contributed by atoms with Gasteiger partial charge in [0.15, 0.2) is 11.5 Å². The number of hydrogen-bond donors (Lipinski definition) is 0. The number of hydrogen-bond acceptors (Lipinski definition) is 10. The fourth-order valence-corrected chi connectivity index (χ4v) is 5.58. The summed E-state index contributed by atoms with van der Waals surface area (Å²) in [7, 11) is 1.57. The molecular weight excluding hydrogens is 635 g/mol. The second-order valence-electron chi connectivity index (χ2n) is 11.4. The summed E-state index contributed by atoms with van der Waals surface area (Å²) in [5.41, 5.74) is 2.87. The number of imidazole rings is 1. The van der Waals surface area contributed by atoms with Gasteiger partial charge in [-0.15, -0.1) is 13.2 Å². The zero-order chi connectivity index (χ0) is 33.7. The lowest BCUT2D eigenvalue weighted by molar-refractivity contribution is -0.389. The van der Waals surface area contributed by atoms with Crippen LogP contribution in [0.1, 0.15) is 17.5 Å². The predicted molar refractivity (Wildman–Crippen MR) is 168 cm³/mol. The molecule has 0 aliphatic carbocycles. The molecule has 0 saturated carbocycles. The van der Waals surface area contributed by atoms with Crippen molar-refractivity contribution in [1.29, 1.82) is 0 Å². The lowest BCUT2D eigenvalue weighted by atomic mass is 10.1. The first-order chi connectivity index (χ1) is 23.1. The first-order valence-corrected chi connectivity index (χ1v) is 15.3. The van der Waals surface area contributed by atoms with Gasteiger partial charge in [0.1, 0.15) is 37.0 Å². The predicted octanol–water partition coefficient (Wildman–Crippen LogP) is 5.83. The number of fused-ring (bicyclic) bond motifs is 1. The van der Waals surface area contributed by atoms with E-state index in [-0.39, 0.29) is 30.3 Å². The van der Waals surface area contributed by atoms with Crippen LogP contribution in [0, 0.1) is 10.1 Å². The van der Waals surface area contributed by atoms with Crippen molar-refractivity contribution in [1.82, 2.24) is 14.5 Å². The SMILES string of the molecule is COc1cc(CN2CCN(c3ccc(OCC4CCn5cc([N+](=O)[O-])nc5O4)cc3)CC2)ccc1OCc1ccc(OC(F)(F)F)cc1. The lowest BCUT2D eigenvalue weighted by Gasteiger charge is -2.36. The number of nitro groups is 1. The molecule has 1 unspecified atom stereocenters. The number of piperazine rings is 1. The van der Waals surface area contributed by atoms with Crippen molar-refractivity contribution in [3.8, 4) is 29.0 Å². The van der Waals surface area contributed by atoms with Crippen molar-refractivity contribution in [3.63, 3.8) is 0 Å². The molecule has 4 aromatic rings. The highest BCUT2D eigenvalue weighted by molar-refractivity contribution is 5.49. The van der Waals surface area contributed by atoms with Crippen LogP contribution >= 0.6 is 0 Å². The van der Waals surface area contributed by atoms with E-state index in [0.29, 0.717) is 36.6 Å². The minimum atomic E-state index is -4.73. The first kappa shape index (κ1) is 32.7. The number of benzene rings is 3. The minimum Gasteiger partial charge on any atom is -0.493 e. The summed E-state index contributed by atoms with van der Waals surface area (Å²) in [6, 6.07) is 19.5. The molecule has 2 aliphatic heterocycles. The molecule has 254 valence electrons. The molecule has 0 radical (unpaired) electrons. The number of methoxy groups -OCH3 is 1. The number of ether oxygens (including phenoxy) is 5. The number of nitrogens with zero attached hydrogens (tertiary/aromatic N) is 5. The van der Waals surface area contributed by atoms with E-state index in [2.05, 4.69) is 19.5 Å². The number of alkyl halides is 3. The van der Waals surface area contributed by atoms with Crippen LogP contribution in [0.2, 0.25) is 0 Å². The van der Waals surface area contributed by atoms with Crippen LogP contribution in [-0.2, 0) is 19.7 Å². The Labute approximate surface area is 274 Å². The van der Waals surface area contributed by atoms with Gasteiger partial charge in [0.05, 0.1) is 7.11 Å². The summed E-state index contributed by atoms with van der Waals surface area (Å²) in [5, 5.41) is 11.0. The summed E-state index contributed by atoms with van der Waals surface area (Å²) in [5.74, 6) is 1.33. The summed E-state index contributed by atoms with van der Waals surface area (Å²) in [6.07, 6.45) is -2.93. The normalized spacial score (nSPS) is 16.5. The Morgan fingerprint density at radius 2 is 1.62 bits per heavy atom. The average molecular weight is 670 g/mol. The number of halogens is 3.